The average molecular weight is 468 g/mol. The number of carbonyl (C=O) groups is 2. The van der Waals surface area contributed by atoms with Gasteiger partial charge >= 0.3 is 0 Å². The Morgan fingerprint density at radius 3 is 2.44 bits per heavy atom. The van der Waals surface area contributed by atoms with Crippen LogP contribution in [-0.4, -0.2) is 30.6 Å². The van der Waals surface area contributed by atoms with Gasteiger partial charge in [-0.05, 0) is 77.9 Å². The second kappa shape index (κ2) is 5.80. The number of amides is 2. The third-order valence-corrected chi connectivity index (χ3v) is 6.79. The number of anilines is 1. The number of rotatable bonds is 3. The van der Waals surface area contributed by atoms with Gasteiger partial charge in [-0.25, -0.2) is 12.7 Å². The number of fused-ring (bicyclic) bond motifs is 1. The van der Waals surface area contributed by atoms with E-state index in [1.54, 1.807) is 12.1 Å². The van der Waals surface area contributed by atoms with Gasteiger partial charge in [-0.1, -0.05) is 0 Å². The molecule has 1 aliphatic heterocycles. The van der Waals surface area contributed by atoms with Crippen molar-refractivity contribution in [3.05, 3.63) is 57.2 Å². The number of sulfonamides is 1. The highest BCUT2D eigenvalue weighted by atomic mass is 127. The molecule has 0 spiro atoms. The quantitative estimate of drug-likeness (QED) is 0.703. The predicted octanol–water partition coefficient (Wildman–Crippen LogP) is 2.85. The molecular weight excluding hydrogens is 455 g/mol. The summed E-state index contributed by atoms with van der Waals surface area (Å²) in [5.41, 5.74) is 0.952. The first kappa shape index (κ1) is 16.5. The maximum absolute atomic E-state index is 12.6. The van der Waals surface area contributed by atoms with Gasteiger partial charge in [0.2, 0.25) is 0 Å². The summed E-state index contributed by atoms with van der Waals surface area (Å²) >= 11 is 2.16. The van der Waals surface area contributed by atoms with E-state index in [-0.39, 0.29) is 22.1 Å². The maximum Gasteiger partial charge on any atom is 0.269 e. The Morgan fingerprint density at radius 2 is 1.80 bits per heavy atom. The fourth-order valence-corrected chi connectivity index (χ4v) is 5.00. The van der Waals surface area contributed by atoms with Crippen molar-refractivity contribution in [1.29, 1.82) is 0 Å². The van der Waals surface area contributed by atoms with Crippen LogP contribution in [0.5, 0.6) is 0 Å². The largest absolute Gasteiger partial charge is 0.322 e. The molecule has 2 aromatic carbocycles. The van der Waals surface area contributed by atoms with Crippen LogP contribution < -0.4 is 5.32 Å². The summed E-state index contributed by atoms with van der Waals surface area (Å²) in [5.74, 6) is -0.918. The first-order valence-electron chi connectivity index (χ1n) is 7.67. The Kier molecular flexibility index (Phi) is 3.84. The second-order valence-corrected chi connectivity index (χ2v) is 9.04. The van der Waals surface area contributed by atoms with Crippen LogP contribution in [0.3, 0.4) is 0 Å². The fraction of sp³-hybridized carbons (Fsp3) is 0.176. The highest BCUT2D eigenvalue weighted by Crippen LogP contribution is 2.39. The number of hydrogen-bond donors (Lipinski definition) is 1. The Labute approximate surface area is 158 Å². The summed E-state index contributed by atoms with van der Waals surface area (Å²) in [5, 5.41) is 2.73. The molecule has 1 N–H and O–H groups in total. The van der Waals surface area contributed by atoms with Gasteiger partial charge in [-0.2, -0.15) is 0 Å². The van der Waals surface area contributed by atoms with Crippen molar-refractivity contribution in [2.45, 2.75) is 23.8 Å². The van der Waals surface area contributed by atoms with Gasteiger partial charge < -0.3 is 5.32 Å². The van der Waals surface area contributed by atoms with Crippen molar-refractivity contribution < 1.29 is 18.0 Å². The molecule has 0 atom stereocenters. The highest BCUT2D eigenvalue weighted by molar-refractivity contribution is 14.1. The van der Waals surface area contributed by atoms with Crippen molar-refractivity contribution in [2.75, 3.05) is 5.32 Å². The molecule has 1 fully saturated rings. The zero-order valence-electron chi connectivity index (χ0n) is 12.9. The SMILES string of the molecule is O=C(Nc1ccc(I)cc1)c1ccc2c(c1)S(=O)(=O)N(C1CC1)C2=O. The number of nitrogens with one attached hydrogen (secondary N) is 1. The van der Waals surface area contributed by atoms with Gasteiger partial charge in [-0.3, -0.25) is 9.59 Å². The molecule has 8 heteroatoms. The maximum atomic E-state index is 12.6. The van der Waals surface area contributed by atoms with E-state index in [9.17, 15) is 18.0 Å². The Balaban J connectivity index is 1.66. The van der Waals surface area contributed by atoms with E-state index in [0.29, 0.717) is 18.5 Å². The van der Waals surface area contributed by atoms with Crippen molar-refractivity contribution in [3.63, 3.8) is 0 Å². The molecule has 2 aliphatic rings. The van der Waals surface area contributed by atoms with Crippen LogP contribution in [0.4, 0.5) is 5.69 Å². The lowest BCUT2D eigenvalue weighted by Crippen LogP contribution is -2.31. The molecule has 128 valence electrons. The van der Waals surface area contributed by atoms with Crippen LogP contribution >= 0.6 is 22.6 Å². The molecule has 0 aromatic heterocycles. The first-order valence-corrected chi connectivity index (χ1v) is 10.2. The monoisotopic (exact) mass is 468 g/mol. The third kappa shape index (κ3) is 2.82. The minimum atomic E-state index is -3.86. The zero-order chi connectivity index (χ0) is 17.8. The molecule has 1 saturated carbocycles. The topological polar surface area (TPSA) is 83.6 Å². The van der Waals surface area contributed by atoms with E-state index in [1.807, 2.05) is 12.1 Å². The summed E-state index contributed by atoms with van der Waals surface area (Å²) in [4.78, 5) is 24.7. The van der Waals surface area contributed by atoms with Crippen molar-refractivity contribution >= 4 is 50.1 Å². The van der Waals surface area contributed by atoms with Gasteiger partial charge in [0.15, 0.2) is 0 Å². The summed E-state index contributed by atoms with van der Waals surface area (Å²) < 4.78 is 27.2. The summed E-state index contributed by atoms with van der Waals surface area (Å²) in [6.07, 6.45) is 1.39. The normalized spacial score (nSPS) is 18.1. The van der Waals surface area contributed by atoms with E-state index >= 15 is 0 Å². The third-order valence-electron chi connectivity index (χ3n) is 4.19. The first-order chi connectivity index (χ1) is 11.9. The Hall–Kier alpha value is -1.94. The Morgan fingerprint density at radius 1 is 1.12 bits per heavy atom. The van der Waals surface area contributed by atoms with Crippen LogP contribution in [-0.2, 0) is 10.0 Å². The summed E-state index contributed by atoms with van der Waals surface area (Å²) in [6.45, 7) is 0. The molecule has 0 bridgehead atoms. The molecule has 0 saturated heterocycles. The molecule has 0 unspecified atom stereocenters. The fourth-order valence-electron chi connectivity index (χ4n) is 2.80. The number of carbonyl (C=O) groups excluding carboxylic acids is 2. The molecule has 0 radical (unpaired) electrons. The standard InChI is InChI=1S/C17H13IN2O4S/c18-11-2-4-12(5-3-11)19-16(21)10-1-8-14-15(9-10)25(23,24)20(17(14)22)13-6-7-13/h1-5,8-9,13H,6-7H2,(H,19,21). The zero-order valence-corrected chi connectivity index (χ0v) is 15.9. The van der Waals surface area contributed by atoms with E-state index in [4.69, 9.17) is 0 Å². The molecule has 4 rings (SSSR count). The molecule has 2 aromatic rings. The van der Waals surface area contributed by atoms with Crippen LogP contribution in [0.2, 0.25) is 0 Å². The molecule has 25 heavy (non-hydrogen) atoms. The van der Waals surface area contributed by atoms with Crippen molar-refractivity contribution in [1.82, 2.24) is 4.31 Å². The molecular formula is C17H13IN2O4S. The lowest BCUT2D eigenvalue weighted by molar-refractivity contribution is 0.0864. The van der Waals surface area contributed by atoms with Gasteiger partial charge in [0, 0.05) is 20.9 Å². The number of halogens is 1. The number of hydrogen-bond acceptors (Lipinski definition) is 4. The van der Waals surface area contributed by atoms with Gasteiger partial charge in [0.25, 0.3) is 21.8 Å². The minimum Gasteiger partial charge on any atom is -0.322 e. The van der Waals surface area contributed by atoms with Crippen LogP contribution in [0, 0.1) is 3.57 Å². The summed E-state index contributed by atoms with van der Waals surface area (Å²) in [7, 11) is -3.86. The highest BCUT2D eigenvalue weighted by Gasteiger charge is 2.48. The molecule has 6 nitrogen and oxygen atoms in total. The lowest BCUT2D eigenvalue weighted by Gasteiger charge is -2.13. The van der Waals surface area contributed by atoms with E-state index in [2.05, 4.69) is 27.9 Å². The van der Waals surface area contributed by atoms with Gasteiger partial charge in [0.1, 0.15) is 4.90 Å². The summed E-state index contributed by atoms with van der Waals surface area (Å²) in [6, 6.07) is 11.2. The molecule has 1 heterocycles. The average Bonchev–Trinajstić information content (AvgIpc) is 3.38. The van der Waals surface area contributed by atoms with Crippen LogP contribution in [0.1, 0.15) is 33.6 Å². The van der Waals surface area contributed by atoms with Crippen molar-refractivity contribution in [3.8, 4) is 0 Å². The molecule has 1 aliphatic carbocycles. The number of nitrogens with zero attached hydrogens (tertiary/aromatic N) is 1. The predicted molar refractivity (Wildman–Crippen MR) is 99.9 cm³/mol. The lowest BCUT2D eigenvalue weighted by atomic mass is 10.1. The van der Waals surface area contributed by atoms with E-state index in [1.165, 1.54) is 18.2 Å². The smallest absolute Gasteiger partial charge is 0.269 e. The molecule has 2 amide bonds. The minimum absolute atomic E-state index is 0.0836. The van der Waals surface area contributed by atoms with E-state index in [0.717, 1.165) is 7.88 Å². The second-order valence-electron chi connectivity index (χ2n) is 6.01. The van der Waals surface area contributed by atoms with Crippen LogP contribution in [0.15, 0.2) is 47.4 Å². The van der Waals surface area contributed by atoms with Crippen LogP contribution in [0.25, 0.3) is 0 Å². The van der Waals surface area contributed by atoms with Gasteiger partial charge in [0.05, 0.1) is 5.56 Å². The van der Waals surface area contributed by atoms with E-state index < -0.39 is 21.8 Å². The van der Waals surface area contributed by atoms with Crippen molar-refractivity contribution in [2.24, 2.45) is 0 Å². The van der Waals surface area contributed by atoms with Gasteiger partial charge in [-0.15, -0.1) is 0 Å². The number of benzene rings is 2. The Bertz CT molecular complexity index is 998.